The van der Waals surface area contributed by atoms with Gasteiger partial charge in [0.15, 0.2) is 5.96 Å². The first kappa shape index (κ1) is 46.0. The minimum atomic E-state index is -1.21. The van der Waals surface area contributed by atoms with Crippen molar-refractivity contribution >= 4 is 64.1 Å². The van der Waals surface area contributed by atoms with Crippen LogP contribution in [0.4, 0.5) is 0 Å². The minimum Gasteiger partial charge on any atom is -0.370 e. The summed E-state index contributed by atoms with van der Waals surface area (Å²) in [4.78, 5) is 106. The molecule has 0 fully saturated rings. The van der Waals surface area contributed by atoms with Gasteiger partial charge in [-0.25, -0.2) is 0 Å². The zero-order chi connectivity index (χ0) is 41.7. The molecule has 4 bridgehead atoms. The SMILES string of the molecule is NCCCC[C@@H]1NC(=O)CNC(=O)[C@@H]2CSC(=N2)c2cc(ccn2)C(=O)NCCC[C@@H](C(N)=O)NC(=O)[C@H](CCCCN)NC(=O)[C@H](CCCN=C(N)N)NC1=O. The van der Waals surface area contributed by atoms with E-state index < -0.39 is 78.1 Å². The van der Waals surface area contributed by atoms with Gasteiger partial charge in [0.1, 0.15) is 35.3 Å². The Bertz CT molecular complexity index is 1640. The van der Waals surface area contributed by atoms with Gasteiger partial charge in [-0.2, -0.15) is 0 Å². The van der Waals surface area contributed by atoms with Crippen LogP contribution in [0.15, 0.2) is 28.3 Å². The molecule has 2 aliphatic rings. The van der Waals surface area contributed by atoms with E-state index in [-0.39, 0.29) is 68.9 Å². The molecule has 0 spiro atoms. The molecule has 0 aliphatic carbocycles. The summed E-state index contributed by atoms with van der Waals surface area (Å²) >= 11 is 1.27. The van der Waals surface area contributed by atoms with Crippen LogP contribution in [0.1, 0.15) is 80.3 Å². The number of primary amides is 1. The molecule has 5 atom stereocenters. The highest BCUT2D eigenvalue weighted by Gasteiger charge is 2.32. The molecule has 22 heteroatoms. The number of nitrogens with two attached hydrogens (primary N) is 5. The van der Waals surface area contributed by atoms with Crippen LogP contribution in [0.3, 0.4) is 0 Å². The average molecular weight is 817 g/mol. The summed E-state index contributed by atoms with van der Waals surface area (Å²) < 4.78 is 0. The number of fused-ring (bicyclic) bond motifs is 4. The maximum atomic E-state index is 13.9. The number of aromatic nitrogens is 1. The van der Waals surface area contributed by atoms with Gasteiger partial charge < -0.3 is 60.6 Å². The van der Waals surface area contributed by atoms with E-state index in [4.69, 9.17) is 28.7 Å². The Hall–Kier alpha value is -5.35. The molecule has 2 aliphatic heterocycles. The third kappa shape index (κ3) is 16.0. The van der Waals surface area contributed by atoms with Gasteiger partial charge in [-0.15, -0.1) is 11.8 Å². The van der Waals surface area contributed by atoms with E-state index in [1.165, 1.54) is 30.1 Å². The van der Waals surface area contributed by atoms with Gasteiger partial charge in [-0.1, -0.05) is 0 Å². The van der Waals surface area contributed by atoms with Gasteiger partial charge in [0.05, 0.1) is 12.2 Å². The zero-order valence-corrected chi connectivity index (χ0v) is 32.7. The molecule has 0 unspecified atom stereocenters. The number of carbonyl (C=O) groups is 7. The number of pyridine rings is 1. The van der Waals surface area contributed by atoms with E-state index in [0.29, 0.717) is 49.5 Å². The number of amides is 7. The molecule has 0 aromatic carbocycles. The fraction of sp³-hybridized carbons (Fsp3) is 0.600. The number of hydrogen-bond acceptors (Lipinski definition) is 13. The lowest BCUT2D eigenvalue weighted by atomic mass is 10.0. The maximum absolute atomic E-state index is 13.9. The fourth-order valence-corrected chi connectivity index (χ4v) is 6.88. The third-order valence-electron chi connectivity index (χ3n) is 8.99. The fourth-order valence-electron chi connectivity index (χ4n) is 5.88. The Labute approximate surface area is 335 Å². The second-order valence-corrected chi connectivity index (χ2v) is 14.5. The first-order chi connectivity index (χ1) is 27.3. The lowest BCUT2D eigenvalue weighted by Gasteiger charge is -2.26. The Balaban J connectivity index is 1.94. The number of thioether (sulfide) groups is 1. The van der Waals surface area contributed by atoms with Gasteiger partial charge in [-0.05, 0) is 89.4 Å². The molecular formula is C35H56N14O7S. The summed E-state index contributed by atoms with van der Waals surface area (Å²) in [7, 11) is 0. The Morgan fingerprint density at radius 3 is 2.02 bits per heavy atom. The number of carbonyl (C=O) groups excluding carboxylic acids is 7. The molecule has 7 amide bonds. The second kappa shape index (κ2) is 24.3. The van der Waals surface area contributed by atoms with Crippen molar-refractivity contribution in [2.24, 2.45) is 38.7 Å². The predicted octanol–water partition coefficient (Wildman–Crippen LogP) is -3.68. The van der Waals surface area contributed by atoms with E-state index in [0.717, 1.165) is 0 Å². The molecule has 3 heterocycles. The highest BCUT2D eigenvalue weighted by Crippen LogP contribution is 2.23. The molecule has 0 saturated heterocycles. The zero-order valence-electron chi connectivity index (χ0n) is 31.9. The molecule has 0 radical (unpaired) electrons. The van der Waals surface area contributed by atoms with Crippen molar-refractivity contribution in [1.29, 1.82) is 0 Å². The van der Waals surface area contributed by atoms with E-state index in [1.54, 1.807) is 0 Å². The Morgan fingerprint density at radius 1 is 0.789 bits per heavy atom. The third-order valence-corrected chi connectivity index (χ3v) is 10.1. The van der Waals surface area contributed by atoms with E-state index in [9.17, 15) is 33.6 Å². The maximum Gasteiger partial charge on any atom is 0.251 e. The van der Waals surface area contributed by atoms with Crippen molar-refractivity contribution in [3.8, 4) is 0 Å². The molecule has 3 rings (SSSR count). The summed E-state index contributed by atoms with van der Waals surface area (Å²) in [5.74, 6) is -4.41. The summed E-state index contributed by atoms with van der Waals surface area (Å²) in [6.45, 7) is 0.470. The monoisotopic (exact) mass is 816 g/mol. The molecule has 57 heavy (non-hydrogen) atoms. The quantitative estimate of drug-likeness (QED) is 0.0520. The number of unbranched alkanes of at least 4 members (excludes halogenated alkanes) is 2. The van der Waals surface area contributed by atoms with Crippen LogP contribution in [-0.4, -0.2) is 126 Å². The number of aliphatic imine (C=N–C) groups is 2. The highest BCUT2D eigenvalue weighted by atomic mass is 32.2. The van der Waals surface area contributed by atoms with Gasteiger partial charge in [0.2, 0.25) is 35.4 Å². The molecule has 1 aromatic heterocycles. The molecule has 21 nitrogen and oxygen atoms in total. The van der Waals surface area contributed by atoms with Gasteiger partial charge in [0.25, 0.3) is 5.91 Å². The summed E-state index contributed by atoms with van der Waals surface area (Å²) in [6, 6.07) is -2.39. The number of rotatable bonds is 13. The van der Waals surface area contributed by atoms with Crippen molar-refractivity contribution in [3.63, 3.8) is 0 Å². The van der Waals surface area contributed by atoms with Crippen LogP contribution in [-0.2, 0) is 28.8 Å². The standard InChI is InChI=1S/C35H56N14O7S/c36-12-3-1-7-22-31(54)48-24(10-6-15-43-35(39)40)33(56)47-23(8-2-4-13-37)32(55)46-21(28(38)51)9-5-14-42-29(52)20-11-16-41-25(17-20)34-49-26(19-57-34)30(53)44-18-27(50)45-22/h11,16-17,21-24,26H,1-10,12-15,18-19,36-37H2,(H2,38,51)(H,42,52)(H,44,53)(H,45,50)(H,46,55)(H,47,56)(H,48,54)(H4,39,40,43)/t21-,22-,23-,24-,26-/m0/s1. The number of hydrogen-bond donors (Lipinski definition) is 11. The van der Waals surface area contributed by atoms with Crippen molar-refractivity contribution in [2.45, 2.75) is 94.4 Å². The van der Waals surface area contributed by atoms with Crippen LogP contribution >= 0.6 is 11.8 Å². The molecule has 0 saturated carbocycles. The minimum absolute atomic E-state index is 0.0433. The molecule has 314 valence electrons. The van der Waals surface area contributed by atoms with Gasteiger partial charge in [0, 0.05) is 30.6 Å². The lowest BCUT2D eigenvalue weighted by Crippen LogP contribution is -2.58. The van der Waals surface area contributed by atoms with Crippen LogP contribution in [0.25, 0.3) is 0 Å². The Kier molecular flexibility index (Phi) is 19.6. The van der Waals surface area contributed by atoms with Crippen molar-refractivity contribution < 1.29 is 33.6 Å². The smallest absolute Gasteiger partial charge is 0.251 e. The van der Waals surface area contributed by atoms with Crippen molar-refractivity contribution in [2.75, 3.05) is 38.5 Å². The first-order valence-electron chi connectivity index (χ1n) is 19.0. The van der Waals surface area contributed by atoms with Gasteiger partial charge in [-0.3, -0.25) is 48.5 Å². The Morgan fingerprint density at radius 2 is 1.40 bits per heavy atom. The second-order valence-electron chi connectivity index (χ2n) is 13.5. The van der Waals surface area contributed by atoms with E-state index in [1.807, 2.05) is 0 Å². The molecule has 16 N–H and O–H groups in total. The number of guanidine groups is 1. The van der Waals surface area contributed by atoms with E-state index >= 15 is 0 Å². The summed E-state index contributed by atoms with van der Waals surface area (Å²) in [6.07, 6.45) is 4.37. The summed E-state index contributed by atoms with van der Waals surface area (Å²) in [5, 5.41) is 16.4. The van der Waals surface area contributed by atoms with E-state index in [2.05, 4.69) is 46.9 Å². The van der Waals surface area contributed by atoms with Crippen molar-refractivity contribution in [3.05, 3.63) is 29.6 Å². The lowest BCUT2D eigenvalue weighted by molar-refractivity contribution is -0.134. The van der Waals surface area contributed by atoms with Gasteiger partial charge >= 0.3 is 0 Å². The summed E-state index contributed by atoms with van der Waals surface area (Å²) in [5.41, 5.74) is 28.6. The highest BCUT2D eigenvalue weighted by molar-refractivity contribution is 8.14. The van der Waals surface area contributed by atoms with Crippen LogP contribution < -0.4 is 60.6 Å². The molecular weight excluding hydrogens is 761 g/mol. The largest absolute Gasteiger partial charge is 0.370 e. The number of nitrogens with zero attached hydrogens (tertiary/aromatic N) is 3. The first-order valence-corrected chi connectivity index (χ1v) is 20.0. The molecule has 1 aromatic rings. The average Bonchev–Trinajstić information content (AvgIpc) is 3.68. The van der Waals surface area contributed by atoms with Crippen LogP contribution in [0, 0.1) is 0 Å². The number of nitrogens with one attached hydrogen (secondary N) is 6. The van der Waals surface area contributed by atoms with Crippen molar-refractivity contribution in [1.82, 2.24) is 36.9 Å². The van der Waals surface area contributed by atoms with Crippen LogP contribution in [0.5, 0.6) is 0 Å². The van der Waals surface area contributed by atoms with Crippen LogP contribution in [0.2, 0.25) is 0 Å². The topological polar surface area (TPSA) is 359 Å². The normalized spacial score (nSPS) is 23.1. The predicted molar refractivity (Wildman–Crippen MR) is 214 cm³/mol.